The lowest BCUT2D eigenvalue weighted by Gasteiger charge is -2.23. The SMILES string of the molecule is CC(=O)NC(C(=O)NNC(=O)c1ccc(F)cc1)C1CCCC1. The van der Waals surface area contributed by atoms with Crippen molar-refractivity contribution in [3.8, 4) is 0 Å². The second-order valence-corrected chi connectivity index (χ2v) is 5.67. The average molecular weight is 321 g/mol. The average Bonchev–Trinajstić information content (AvgIpc) is 3.04. The minimum absolute atomic E-state index is 0.0709. The summed E-state index contributed by atoms with van der Waals surface area (Å²) in [6.45, 7) is 1.35. The number of rotatable bonds is 4. The zero-order valence-electron chi connectivity index (χ0n) is 12.9. The predicted molar refractivity (Wildman–Crippen MR) is 81.6 cm³/mol. The van der Waals surface area contributed by atoms with Crippen molar-refractivity contribution in [2.45, 2.75) is 38.6 Å². The first-order valence-corrected chi connectivity index (χ1v) is 7.60. The summed E-state index contributed by atoms with van der Waals surface area (Å²) in [5.41, 5.74) is 4.84. The molecule has 1 aromatic rings. The molecule has 3 amide bonds. The van der Waals surface area contributed by atoms with Gasteiger partial charge < -0.3 is 5.32 Å². The molecular weight excluding hydrogens is 301 g/mol. The van der Waals surface area contributed by atoms with Crippen LogP contribution in [0.4, 0.5) is 4.39 Å². The first kappa shape index (κ1) is 16.9. The second kappa shape index (κ2) is 7.71. The van der Waals surface area contributed by atoms with Crippen molar-refractivity contribution >= 4 is 17.7 Å². The van der Waals surface area contributed by atoms with Crippen molar-refractivity contribution < 1.29 is 18.8 Å². The number of hydrogen-bond donors (Lipinski definition) is 3. The molecule has 0 saturated heterocycles. The summed E-state index contributed by atoms with van der Waals surface area (Å²) in [4.78, 5) is 35.4. The third kappa shape index (κ3) is 4.77. The predicted octanol–water partition coefficient (Wildman–Crippen LogP) is 1.28. The molecule has 0 radical (unpaired) electrons. The fourth-order valence-corrected chi connectivity index (χ4v) is 2.78. The third-order valence-electron chi connectivity index (χ3n) is 3.92. The van der Waals surface area contributed by atoms with Crippen molar-refractivity contribution in [1.82, 2.24) is 16.2 Å². The Balaban J connectivity index is 1.93. The maximum Gasteiger partial charge on any atom is 0.269 e. The van der Waals surface area contributed by atoms with Crippen LogP contribution in [-0.4, -0.2) is 23.8 Å². The van der Waals surface area contributed by atoms with Crippen LogP contribution in [0.15, 0.2) is 24.3 Å². The number of hydrazine groups is 1. The zero-order chi connectivity index (χ0) is 16.8. The Kier molecular flexibility index (Phi) is 5.67. The fourth-order valence-electron chi connectivity index (χ4n) is 2.78. The van der Waals surface area contributed by atoms with Gasteiger partial charge in [-0.2, -0.15) is 0 Å². The fraction of sp³-hybridized carbons (Fsp3) is 0.438. The Labute approximate surface area is 133 Å². The number of halogens is 1. The minimum atomic E-state index is -0.663. The van der Waals surface area contributed by atoms with Crippen molar-refractivity contribution in [2.24, 2.45) is 5.92 Å². The molecule has 7 heteroatoms. The van der Waals surface area contributed by atoms with Gasteiger partial charge in [0, 0.05) is 12.5 Å². The molecule has 1 atom stereocenters. The lowest BCUT2D eigenvalue weighted by Crippen LogP contribution is -2.54. The molecular formula is C16H20FN3O3. The summed E-state index contributed by atoms with van der Waals surface area (Å²) in [6, 6.07) is 4.30. The monoisotopic (exact) mass is 321 g/mol. The van der Waals surface area contributed by atoms with Gasteiger partial charge in [0.2, 0.25) is 5.91 Å². The van der Waals surface area contributed by atoms with Crippen LogP contribution in [0.5, 0.6) is 0 Å². The molecule has 0 heterocycles. The van der Waals surface area contributed by atoms with Gasteiger partial charge in [-0.15, -0.1) is 0 Å². The van der Waals surface area contributed by atoms with E-state index in [0.717, 1.165) is 37.8 Å². The first-order chi connectivity index (χ1) is 11.0. The summed E-state index contributed by atoms with van der Waals surface area (Å²) in [5.74, 6) is -1.67. The van der Waals surface area contributed by atoms with E-state index in [9.17, 15) is 18.8 Å². The van der Waals surface area contributed by atoms with Gasteiger partial charge in [-0.1, -0.05) is 12.8 Å². The van der Waals surface area contributed by atoms with Crippen molar-refractivity contribution in [3.63, 3.8) is 0 Å². The summed E-state index contributed by atoms with van der Waals surface area (Å²) in [7, 11) is 0. The lowest BCUT2D eigenvalue weighted by molar-refractivity contribution is -0.129. The number of hydrogen-bond acceptors (Lipinski definition) is 3. The molecule has 3 N–H and O–H groups in total. The number of benzene rings is 1. The molecule has 1 saturated carbocycles. The summed E-state index contributed by atoms with van der Waals surface area (Å²) < 4.78 is 12.8. The molecule has 1 aliphatic carbocycles. The molecule has 1 aliphatic rings. The highest BCUT2D eigenvalue weighted by Gasteiger charge is 2.31. The summed E-state index contributed by atoms with van der Waals surface area (Å²) in [6.07, 6.45) is 3.78. The van der Waals surface area contributed by atoms with Gasteiger partial charge in [0.25, 0.3) is 11.8 Å². The smallest absolute Gasteiger partial charge is 0.269 e. The number of nitrogens with one attached hydrogen (secondary N) is 3. The number of carbonyl (C=O) groups is 3. The van der Waals surface area contributed by atoms with E-state index < -0.39 is 23.7 Å². The highest BCUT2D eigenvalue weighted by atomic mass is 19.1. The molecule has 0 aliphatic heterocycles. The van der Waals surface area contributed by atoms with E-state index in [-0.39, 0.29) is 17.4 Å². The Bertz CT molecular complexity index is 583. The van der Waals surface area contributed by atoms with E-state index in [1.165, 1.54) is 19.1 Å². The van der Waals surface area contributed by atoms with E-state index >= 15 is 0 Å². The van der Waals surface area contributed by atoms with Crippen molar-refractivity contribution in [2.75, 3.05) is 0 Å². The van der Waals surface area contributed by atoms with E-state index in [1.807, 2.05) is 0 Å². The van der Waals surface area contributed by atoms with Crippen LogP contribution in [0.3, 0.4) is 0 Å². The van der Waals surface area contributed by atoms with Gasteiger partial charge in [0.15, 0.2) is 0 Å². The standard InChI is InChI=1S/C16H20FN3O3/c1-10(21)18-14(11-4-2-3-5-11)16(23)20-19-15(22)12-6-8-13(17)9-7-12/h6-9,11,14H,2-5H2,1H3,(H,18,21)(H,19,22)(H,20,23). The molecule has 0 spiro atoms. The van der Waals surface area contributed by atoms with Crippen LogP contribution in [0.25, 0.3) is 0 Å². The normalized spacial score (nSPS) is 15.7. The van der Waals surface area contributed by atoms with Gasteiger partial charge in [-0.05, 0) is 43.0 Å². The van der Waals surface area contributed by atoms with Crippen LogP contribution < -0.4 is 16.2 Å². The topological polar surface area (TPSA) is 87.3 Å². The molecule has 6 nitrogen and oxygen atoms in total. The van der Waals surface area contributed by atoms with Gasteiger partial charge in [0.05, 0.1) is 0 Å². The van der Waals surface area contributed by atoms with E-state index in [0.29, 0.717) is 0 Å². The van der Waals surface area contributed by atoms with Crippen LogP contribution in [0.1, 0.15) is 43.0 Å². The maximum atomic E-state index is 12.8. The number of amides is 3. The van der Waals surface area contributed by atoms with Crippen LogP contribution >= 0.6 is 0 Å². The van der Waals surface area contributed by atoms with Gasteiger partial charge in [-0.3, -0.25) is 25.2 Å². The van der Waals surface area contributed by atoms with Gasteiger partial charge >= 0.3 is 0 Å². The van der Waals surface area contributed by atoms with E-state index in [1.54, 1.807) is 0 Å². The molecule has 1 aromatic carbocycles. The number of carbonyl (C=O) groups excluding carboxylic acids is 3. The van der Waals surface area contributed by atoms with E-state index in [2.05, 4.69) is 16.2 Å². The Hall–Kier alpha value is -2.44. The molecule has 0 bridgehead atoms. The summed E-state index contributed by atoms with van der Waals surface area (Å²) in [5, 5.41) is 2.64. The Morgan fingerprint density at radius 3 is 2.26 bits per heavy atom. The van der Waals surface area contributed by atoms with Crippen molar-refractivity contribution in [3.05, 3.63) is 35.6 Å². The van der Waals surface area contributed by atoms with E-state index in [4.69, 9.17) is 0 Å². The van der Waals surface area contributed by atoms with Crippen LogP contribution in [-0.2, 0) is 9.59 Å². The second-order valence-electron chi connectivity index (χ2n) is 5.67. The van der Waals surface area contributed by atoms with Gasteiger partial charge in [-0.25, -0.2) is 4.39 Å². The molecule has 124 valence electrons. The quantitative estimate of drug-likeness (QED) is 0.730. The highest BCUT2D eigenvalue weighted by Crippen LogP contribution is 2.27. The van der Waals surface area contributed by atoms with Crippen molar-refractivity contribution in [1.29, 1.82) is 0 Å². The largest absolute Gasteiger partial charge is 0.344 e. The maximum absolute atomic E-state index is 12.8. The molecule has 1 unspecified atom stereocenters. The Morgan fingerprint density at radius 1 is 1.09 bits per heavy atom. The molecule has 1 fully saturated rings. The first-order valence-electron chi connectivity index (χ1n) is 7.60. The highest BCUT2D eigenvalue weighted by molar-refractivity contribution is 5.96. The zero-order valence-corrected chi connectivity index (χ0v) is 12.9. The molecule has 0 aromatic heterocycles. The minimum Gasteiger partial charge on any atom is -0.344 e. The lowest BCUT2D eigenvalue weighted by atomic mass is 9.97. The third-order valence-corrected chi connectivity index (χ3v) is 3.92. The Morgan fingerprint density at radius 2 is 1.70 bits per heavy atom. The van der Waals surface area contributed by atoms with Crippen LogP contribution in [0, 0.1) is 11.7 Å². The van der Waals surface area contributed by atoms with Crippen LogP contribution in [0.2, 0.25) is 0 Å². The molecule has 2 rings (SSSR count). The summed E-state index contributed by atoms with van der Waals surface area (Å²) >= 11 is 0. The van der Waals surface area contributed by atoms with Gasteiger partial charge in [0.1, 0.15) is 11.9 Å². The molecule has 23 heavy (non-hydrogen) atoms.